The number of fused-ring (bicyclic) bond motifs is 3. The van der Waals surface area contributed by atoms with E-state index < -0.39 is 81.8 Å². The first kappa shape index (κ1) is 31.8. The van der Waals surface area contributed by atoms with Gasteiger partial charge in [-0.15, -0.1) is 0 Å². The Bertz CT molecular complexity index is 2110. The molecule has 0 atom stereocenters. The third-order valence-electron chi connectivity index (χ3n) is 7.86. The van der Waals surface area contributed by atoms with Crippen molar-refractivity contribution >= 4 is 50.8 Å². The fraction of sp³-hybridized carbons (Fsp3) is 0.0588. The van der Waals surface area contributed by atoms with Crippen LogP contribution in [0.1, 0.15) is 11.1 Å². The Morgan fingerprint density at radius 1 is 0.426 bits per heavy atom. The Morgan fingerprint density at radius 3 is 1.23 bits per heavy atom. The molecule has 13 heteroatoms. The summed E-state index contributed by atoms with van der Waals surface area (Å²) in [5, 5.41) is 4.59. The zero-order valence-electron chi connectivity index (χ0n) is 24.1. The second-order valence-electron chi connectivity index (χ2n) is 10.7. The molecule has 0 aliphatic heterocycles. The van der Waals surface area contributed by atoms with Crippen molar-refractivity contribution in [3.8, 4) is 5.75 Å². The minimum Gasteiger partial charge on any atom is -0.549 e. The van der Waals surface area contributed by atoms with Gasteiger partial charge in [0, 0.05) is 27.4 Å². The summed E-state index contributed by atoms with van der Waals surface area (Å²) >= 11 is 0. The first-order valence-corrected chi connectivity index (χ1v) is 13.8. The van der Waals surface area contributed by atoms with Gasteiger partial charge in [0.1, 0.15) is 5.75 Å². The Morgan fingerprint density at radius 2 is 0.787 bits per heavy atom. The van der Waals surface area contributed by atoms with Gasteiger partial charge in [-0.2, -0.15) is 0 Å². The average Bonchev–Trinajstić information content (AvgIpc) is 3.07. The van der Waals surface area contributed by atoms with Gasteiger partial charge in [0.15, 0.2) is 58.2 Å². The first-order valence-electron chi connectivity index (χ1n) is 13.8. The van der Waals surface area contributed by atoms with Crippen LogP contribution >= 0.6 is 0 Å². The van der Waals surface area contributed by atoms with Crippen molar-refractivity contribution in [2.24, 2.45) is 0 Å². The van der Waals surface area contributed by atoms with Gasteiger partial charge in [-0.1, -0.05) is 66.7 Å². The van der Waals surface area contributed by atoms with E-state index in [1.165, 1.54) is 12.1 Å². The van der Waals surface area contributed by atoms with Crippen molar-refractivity contribution in [3.05, 3.63) is 136 Å². The first-order chi connectivity index (χ1) is 22.3. The minimum absolute atomic E-state index is 0.00514. The highest BCUT2D eigenvalue weighted by molar-refractivity contribution is 6.81. The van der Waals surface area contributed by atoms with Gasteiger partial charge in [-0.05, 0) is 35.7 Å². The largest absolute Gasteiger partial charge is 0.549 e. The van der Waals surface area contributed by atoms with Gasteiger partial charge >= 0.3 is 6.92 Å². The molecule has 0 aliphatic carbocycles. The number of nitrogens with one attached hydrogen (secondary N) is 1. The average molecular weight is 657 g/mol. The number of hydrogen-bond donors (Lipinski definition) is 1. The number of rotatable bonds is 6. The topological polar surface area (TPSA) is 21.3 Å². The number of aryl methyl sites for hydroxylation is 2. The lowest BCUT2D eigenvalue weighted by molar-refractivity contribution is 0.379. The summed E-state index contributed by atoms with van der Waals surface area (Å²) in [5.74, 6) is -26.3. The second kappa shape index (κ2) is 11.9. The van der Waals surface area contributed by atoms with Crippen LogP contribution in [0.25, 0.3) is 21.5 Å². The lowest BCUT2D eigenvalue weighted by atomic mass is 9.54. The second-order valence-corrected chi connectivity index (χ2v) is 10.7. The van der Waals surface area contributed by atoms with Crippen molar-refractivity contribution in [1.82, 2.24) is 0 Å². The summed E-state index contributed by atoms with van der Waals surface area (Å²) in [5.41, 5.74) is -2.12. The number of halogens is 10. The summed E-state index contributed by atoms with van der Waals surface area (Å²) in [6.07, 6.45) is 0. The molecule has 1 N–H and O–H groups in total. The van der Waals surface area contributed by atoms with Crippen LogP contribution in [-0.4, -0.2) is 6.92 Å². The summed E-state index contributed by atoms with van der Waals surface area (Å²) in [6.45, 7) is 0.379. The van der Waals surface area contributed by atoms with E-state index in [0.717, 1.165) is 0 Å². The highest BCUT2D eigenvalue weighted by Gasteiger charge is 2.43. The molecule has 47 heavy (non-hydrogen) atoms. The van der Waals surface area contributed by atoms with E-state index in [0.29, 0.717) is 33.0 Å². The number of hydrogen-bond acceptors (Lipinski definition) is 2. The summed E-state index contributed by atoms with van der Waals surface area (Å²) < 4.78 is 154. The SMILES string of the molecule is Cc1cccc(C)c1Nc1c(OB(c2c(F)c(F)c(F)c(F)c2F)c2c(F)c(F)c(F)c(F)c2F)c2ccccc2c2ccccc12. The Kier molecular flexibility index (Phi) is 8.02. The standard InChI is InChI=1S/C34H18BF10NO/c1-14-8-7-9-15(2)32(14)46-33-18-12-5-3-10-16(18)17-11-4-6-13-19(17)34(33)47-35(20-22(36)26(40)30(44)27(41)23(20)37)21-24(38)28(42)31(45)29(43)25(21)39/h3-13,46H,1-2H3. The summed E-state index contributed by atoms with van der Waals surface area (Å²) in [4.78, 5) is 0. The van der Waals surface area contributed by atoms with E-state index in [1.54, 1.807) is 68.4 Å². The molecule has 0 bridgehead atoms. The van der Waals surface area contributed by atoms with Crippen LogP contribution in [0.15, 0.2) is 66.7 Å². The van der Waals surface area contributed by atoms with Crippen LogP contribution in [0.3, 0.4) is 0 Å². The Balaban J connectivity index is 1.76. The lowest BCUT2D eigenvalue weighted by Gasteiger charge is -2.25. The van der Waals surface area contributed by atoms with Crippen LogP contribution in [0, 0.1) is 72.0 Å². The third kappa shape index (κ3) is 5.00. The van der Waals surface area contributed by atoms with Crippen LogP contribution in [0.4, 0.5) is 55.3 Å². The van der Waals surface area contributed by atoms with E-state index >= 15 is 17.6 Å². The van der Waals surface area contributed by atoms with Crippen LogP contribution in [0.2, 0.25) is 0 Å². The minimum atomic E-state index is -3.10. The predicted octanol–water partition coefficient (Wildman–Crippen LogP) is 8.93. The molecule has 0 aromatic heterocycles. The number of benzene rings is 6. The van der Waals surface area contributed by atoms with Crippen LogP contribution < -0.4 is 20.9 Å². The Hall–Kier alpha value is -5.20. The van der Waals surface area contributed by atoms with Crippen molar-refractivity contribution in [3.63, 3.8) is 0 Å². The molecule has 0 unspecified atom stereocenters. The van der Waals surface area contributed by atoms with Crippen LogP contribution in [-0.2, 0) is 0 Å². The molecular weight excluding hydrogens is 639 g/mol. The molecule has 6 aromatic rings. The highest BCUT2D eigenvalue weighted by atomic mass is 19.2. The smallest absolute Gasteiger partial charge is 0.438 e. The van der Waals surface area contributed by atoms with E-state index in [9.17, 15) is 26.3 Å². The molecule has 0 fully saturated rings. The quantitative estimate of drug-likeness (QED) is 0.0636. The molecule has 6 rings (SSSR count). The number of anilines is 2. The van der Waals surface area contributed by atoms with Crippen molar-refractivity contribution in [2.75, 3.05) is 5.32 Å². The molecule has 0 saturated carbocycles. The zero-order valence-corrected chi connectivity index (χ0v) is 24.1. The molecule has 0 radical (unpaired) electrons. The molecule has 6 aromatic carbocycles. The molecule has 0 amide bonds. The molecule has 2 nitrogen and oxygen atoms in total. The van der Waals surface area contributed by atoms with E-state index in [4.69, 9.17) is 4.65 Å². The zero-order chi connectivity index (χ0) is 33.9. The Labute approximate surface area is 260 Å². The van der Waals surface area contributed by atoms with Gasteiger partial charge in [0.05, 0.1) is 5.69 Å². The van der Waals surface area contributed by atoms with Crippen LogP contribution in [0.5, 0.6) is 5.75 Å². The molecule has 0 spiro atoms. The van der Waals surface area contributed by atoms with Gasteiger partial charge in [0.25, 0.3) is 0 Å². The fourth-order valence-corrected chi connectivity index (χ4v) is 5.58. The van der Waals surface area contributed by atoms with Crippen molar-refractivity contribution in [2.45, 2.75) is 13.8 Å². The van der Waals surface area contributed by atoms with Crippen molar-refractivity contribution < 1.29 is 48.6 Å². The van der Waals surface area contributed by atoms with E-state index in [1.807, 2.05) is 0 Å². The maximum atomic E-state index is 15.4. The lowest BCUT2D eigenvalue weighted by Crippen LogP contribution is -2.55. The fourth-order valence-electron chi connectivity index (χ4n) is 5.58. The highest BCUT2D eigenvalue weighted by Crippen LogP contribution is 2.44. The maximum Gasteiger partial charge on any atom is 0.438 e. The van der Waals surface area contributed by atoms with Crippen molar-refractivity contribution in [1.29, 1.82) is 0 Å². The van der Waals surface area contributed by atoms with Gasteiger partial charge in [0.2, 0.25) is 0 Å². The summed E-state index contributed by atoms with van der Waals surface area (Å²) in [6, 6.07) is 18.0. The van der Waals surface area contributed by atoms with E-state index in [2.05, 4.69) is 5.32 Å². The summed E-state index contributed by atoms with van der Waals surface area (Å²) in [7, 11) is 0. The maximum absolute atomic E-state index is 15.4. The van der Waals surface area contributed by atoms with Gasteiger partial charge in [-0.25, -0.2) is 43.9 Å². The molecule has 0 aliphatic rings. The van der Waals surface area contributed by atoms with E-state index in [-0.39, 0.29) is 11.1 Å². The number of para-hydroxylation sites is 1. The monoisotopic (exact) mass is 657 g/mol. The molecule has 0 heterocycles. The third-order valence-corrected chi connectivity index (χ3v) is 7.86. The normalized spacial score (nSPS) is 11.4. The molecule has 0 saturated heterocycles. The molecular formula is C34H18BF10NO. The van der Waals surface area contributed by atoms with Gasteiger partial charge < -0.3 is 9.97 Å². The predicted molar refractivity (Wildman–Crippen MR) is 159 cm³/mol. The molecule has 238 valence electrons. The van der Waals surface area contributed by atoms with Gasteiger partial charge in [-0.3, -0.25) is 0 Å².